The van der Waals surface area contributed by atoms with E-state index in [1.807, 2.05) is 29.3 Å². The molecule has 2 aromatic rings. The largest absolute Gasteiger partial charge is 0.493 e. The number of hydrogen-bond acceptors (Lipinski definition) is 3. The molecule has 5 nitrogen and oxygen atoms in total. The molecule has 0 bridgehead atoms. The van der Waals surface area contributed by atoms with Gasteiger partial charge in [-0.1, -0.05) is 13.8 Å². The summed E-state index contributed by atoms with van der Waals surface area (Å²) in [4.78, 5) is 18.0. The van der Waals surface area contributed by atoms with E-state index < -0.39 is 0 Å². The molecule has 0 unspecified atom stereocenters. The molecule has 5 heteroatoms. The number of aromatic nitrogens is 1. The highest BCUT2D eigenvalue weighted by Gasteiger charge is 2.26. The molecule has 0 fully saturated rings. The maximum absolute atomic E-state index is 12.9. The number of carbonyl (C=O) groups is 1. The smallest absolute Gasteiger partial charge is 0.255 e. The van der Waals surface area contributed by atoms with Gasteiger partial charge in [0.2, 0.25) is 0 Å². The third-order valence-corrected chi connectivity index (χ3v) is 4.59. The predicted molar refractivity (Wildman–Crippen MR) is 92.9 cm³/mol. The van der Waals surface area contributed by atoms with Crippen LogP contribution in [0.2, 0.25) is 0 Å². The zero-order valence-corrected chi connectivity index (χ0v) is 14.7. The Morgan fingerprint density at radius 2 is 1.83 bits per heavy atom. The molecule has 0 atom stereocenters. The minimum atomic E-state index is 0.0837. The van der Waals surface area contributed by atoms with Gasteiger partial charge in [-0.15, -0.1) is 0 Å². The monoisotopic (exact) mass is 328 g/mol. The van der Waals surface area contributed by atoms with Crippen LogP contribution < -0.4 is 9.47 Å². The zero-order valence-electron chi connectivity index (χ0n) is 14.7. The summed E-state index contributed by atoms with van der Waals surface area (Å²) >= 11 is 0. The zero-order chi connectivity index (χ0) is 17.3. The number of carbonyl (C=O) groups excluding carboxylic acids is 1. The second kappa shape index (κ2) is 6.59. The highest BCUT2D eigenvalue weighted by atomic mass is 16.5. The normalized spacial score (nSPS) is 13.8. The van der Waals surface area contributed by atoms with Crippen molar-refractivity contribution in [2.75, 3.05) is 20.8 Å². The number of aromatic amines is 1. The molecular formula is C19H24N2O3. The molecule has 1 aliphatic heterocycles. The Morgan fingerprint density at radius 1 is 1.17 bits per heavy atom. The first kappa shape index (κ1) is 16.4. The SMILES string of the molecule is COc1cc2c(cc1OC)CN(C(=O)c1cc[nH]c1C(C)C)CC2. The second-order valence-corrected chi connectivity index (χ2v) is 6.41. The standard InChI is InChI=1S/C19H24N2O3/c1-12(2)18-15(5-7-20-18)19(22)21-8-6-13-9-16(23-3)17(24-4)10-14(13)11-21/h5,7,9-10,12,20H,6,8,11H2,1-4H3. The topological polar surface area (TPSA) is 54.6 Å². The Morgan fingerprint density at radius 3 is 2.46 bits per heavy atom. The third kappa shape index (κ3) is 2.86. The summed E-state index contributed by atoms with van der Waals surface area (Å²) in [6.45, 7) is 5.48. The van der Waals surface area contributed by atoms with Gasteiger partial charge in [0.1, 0.15) is 0 Å². The molecule has 1 aliphatic rings. The van der Waals surface area contributed by atoms with Crippen molar-refractivity contribution in [3.8, 4) is 11.5 Å². The maximum atomic E-state index is 12.9. The van der Waals surface area contributed by atoms with Crippen LogP contribution in [0.3, 0.4) is 0 Å². The van der Waals surface area contributed by atoms with Crippen LogP contribution in [0, 0.1) is 0 Å². The number of amides is 1. The fraction of sp³-hybridized carbons (Fsp3) is 0.421. The Balaban J connectivity index is 1.87. The number of fused-ring (bicyclic) bond motifs is 1. The third-order valence-electron chi connectivity index (χ3n) is 4.59. The molecule has 2 heterocycles. The molecule has 1 N–H and O–H groups in total. The van der Waals surface area contributed by atoms with Crippen LogP contribution in [0.25, 0.3) is 0 Å². The summed E-state index contributed by atoms with van der Waals surface area (Å²) < 4.78 is 10.8. The van der Waals surface area contributed by atoms with Crippen LogP contribution in [0.4, 0.5) is 0 Å². The van der Waals surface area contributed by atoms with Gasteiger partial charge >= 0.3 is 0 Å². The highest BCUT2D eigenvalue weighted by molar-refractivity contribution is 5.95. The maximum Gasteiger partial charge on any atom is 0.255 e. The number of H-pyrrole nitrogens is 1. The first-order chi connectivity index (χ1) is 11.5. The Kier molecular flexibility index (Phi) is 4.51. The first-order valence-electron chi connectivity index (χ1n) is 8.25. The van der Waals surface area contributed by atoms with Crippen molar-refractivity contribution in [3.05, 3.63) is 46.8 Å². The molecular weight excluding hydrogens is 304 g/mol. The van der Waals surface area contributed by atoms with Crippen molar-refractivity contribution in [2.24, 2.45) is 0 Å². The number of rotatable bonds is 4. The lowest BCUT2D eigenvalue weighted by Crippen LogP contribution is -2.36. The molecule has 0 aliphatic carbocycles. The van der Waals surface area contributed by atoms with Crippen LogP contribution >= 0.6 is 0 Å². The van der Waals surface area contributed by atoms with Gasteiger partial charge in [0.05, 0.1) is 19.8 Å². The fourth-order valence-corrected chi connectivity index (χ4v) is 3.27. The van der Waals surface area contributed by atoms with Gasteiger partial charge in [0.25, 0.3) is 5.91 Å². The molecule has 0 saturated carbocycles. The Hall–Kier alpha value is -2.43. The van der Waals surface area contributed by atoms with Gasteiger partial charge in [-0.25, -0.2) is 0 Å². The van der Waals surface area contributed by atoms with Crippen LogP contribution in [-0.2, 0) is 13.0 Å². The van der Waals surface area contributed by atoms with E-state index in [2.05, 4.69) is 18.8 Å². The molecule has 1 aromatic heterocycles. The summed E-state index contributed by atoms with van der Waals surface area (Å²) in [7, 11) is 3.27. The molecule has 0 saturated heterocycles. The van der Waals surface area contributed by atoms with Gasteiger partial charge < -0.3 is 19.4 Å². The second-order valence-electron chi connectivity index (χ2n) is 6.41. The van der Waals surface area contributed by atoms with Crippen molar-refractivity contribution in [3.63, 3.8) is 0 Å². The molecule has 24 heavy (non-hydrogen) atoms. The van der Waals surface area contributed by atoms with E-state index in [0.29, 0.717) is 24.8 Å². The van der Waals surface area contributed by atoms with E-state index in [1.165, 1.54) is 5.56 Å². The van der Waals surface area contributed by atoms with E-state index in [0.717, 1.165) is 29.0 Å². The van der Waals surface area contributed by atoms with Crippen LogP contribution in [0.1, 0.15) is 46.9 Å². The number of nitrogens with one attached hydrogen (secondary N) is 1. The molecule has 128 valence electrons. The van der Waals surface area contributed by atoms with Crippen LogP contribution in [0.15, 0.2) is 24.4 Å². The number of ether oxygens (including phenoxy) is 2. The Labute approximate surface area is 142 Å². The van der Waals surface area contributed by atoms with Gasteiger partial charge in [-0.3, -0.25) is 4.79 Å². The average molecular weight is 328 g/mol. The lowest BCUT2D eigenvalue weighted by molar-refractivity contribution is 0.0733. The number of hydrogen-bond donors (Lipinski definition) is 1. The lowest BCUT2D eigenvalue weighted by Gasteiger charge is -2.30. The summed E-state index contributed by atoms with van der Waals surface area (Å²) in [5.74, 6) is 1.82. The van der Waals surface area contributed by atoms with Crippen molar-refractivity contribution in [2.45, 2.75) is 32.7 Å². The van der Waals surface area contributed by atoms with Crippen molar-refractivity contribution < 1.29 is 14.3 Å². The van der Waals surface area contributed by atoms with E-state index >= 15 is 0 Å². The summed E-state index contributed by atoms with van der Waals surface area (Å²) in [5, 5.41) is 0. The van der Waals surface area contributed by atoms with E-state index in [-0.39, 0.29) is 5.91 Å². The van der Waals surface area contributed by atoms with Crippen molar-refractivity contribution >= 4 is 5.91 Å². The number of benzene rings is 1. The number of methoxy groups -OCH3 is 2. The van der Waals surface area contributed by atoms with Crippen LogP contribution in [-0.4, -0.2) is 36.6 Å². The molecule has 1 amide bonds. The predicted octanol–water partition coefficient (Wildman–Crippen LogP) is 3.35. The number of nitrogens with zero attached hydrogens (tertiary/aromatic N) is 1. The minimum absolute atomic E-state index is 0.0837. The van der Waals surface area contributed by atoms with Gasteiger partial charge in [0, 0.05) is 25.0 Å². The molecule has 1 aromatic carbocycles. The molecule has 3 rings (SSSR count). The highest BCUT2D eigenvalue weighted by Crippen LogP contribution is 2.33. The van der Waals surface area contributed by atoms with Crippen molar-refractivity contribution in [1.82, 2.24) is 9.88 Å². The molecule has 0 spiro atoms. The summed E-state index contributed by atoms with van der Waals surface area (Å²) in [6, 6.07) is 5.88. The van der Waals surface area contributed by atoms with Gasteiger partial charge in [0.15, 0.2) is 11.5 Å². The van der Waals surface area contributed by atoms with E-state index in [1.54, 1.807) is 14.2 Å². The minimum Gasteiger partial charge on any atom is -0.493 e. The van der Waals surface area contributed by atoms with Crippen LogP contribution in [0.5, 0.6) is 11.5 Å². The van der Waals surface area contributed by atoms with Gasteiger partial charge in [-0.2, -0.15) is 0 Å². The fourth-order valence-electron chi connectivity index (χ4n) is 3.27. The average Bonchev–Trinajstić information content (AvgIpc) is 3.09. The first-order valence-corrected chi connectivity index (χ1v) is 8.25. The summed E-state index contributed by atoms with van der Waals surface area (Å²) in [6.07, 6.45) is 2.66. The molecule has 0 radical (unpaired) electrons. The summed E-state index contributed by atoms with van der Waals surface area (Å²) in [5.41, 5.74) is 4.11. The van der Waals surface area contributed by atoms with E-state index in [9.17, 15) is 4.79 Å². The van der Waals surface area contributed by atoms with Gasteiger partial charge in [-0.05, 0) is 41.7 Å². The van der Waals surface area contributed by atoms with E-state index in [4.69, 9.17) is 9.47 Å². The lowest BCUT2D eigenvalue weighted by atomic mass is 9.97. The Bertz CT molecular complexity index is 749. The van der Waals surface area contributed by atoms with Crippen molar-refractivity contribution in [1.29, 1.82) is 0 Å². The quantitative estimate of drug-likeness (QED) is 0.936.